The SMILES string of the molecule is COc1ccc(N=NCC=N)c(C)c1. The molecule has 0 unspecified atom stereocenters. The quantitative estimate of drug-likeness (QED) is 0.577. The third-order valence-electron chi connectivity index (χ3n) is 1.76. The molecule has 0 saturated carbocycles. The average Bonchev–Trinajstić information content (AvgIpc) is 2.20. The van der Waals surface area contributed by atoms with E-state index in [0.29, 0.717) is 6.54 Å². The van der Waals surface area contributed by atoms with Crippen LogP contribution >= 0.6 is 0 Å². The third-order valence-corrected chi connectivity index (χ3v) is 1.76. The zero-order valence-corrected chi connectivity index (χ0v) is 8.32. The van der Waals surface area contributed by atoms with Crippen molar-refractivity contribution in [3.05, 3.63) is 23.8 Å². The summed E-state index contributed by atoms with van der Waals surface area (Å²) in [5.74, 6) is 0.813. The van der Waals surface area contributed by atoms with Crippen molar-refractivity contribution in [3.8, 4) is 5.75 Å². The van der Waals surface area contributed by atoms with Gasteiger partial charge in [-0.05, 0) is 30.7 Å². The smallest absolute Gasteiger partial charge is 0.119 e. The Morgan fingerprint density at radius 2 is 2.29 bits per heavy atom. The number of benzene rings is 1. The van der Waals surface area contributed by atoms with Crippen LogP contribution < -0.4 is 4.74 Å². The van der Waals surface area contributed by atoms with E-state index >= 15 is 0 Å². The standard InChI is InChI=1S/C10H13N3O/c1-8-7-9(14-2)3-4-10(8)13-12-6-5-11/h3-5,7,11H,6H2,1-2H3. The molecule has 0 saturated heterocycles. The second kappa shape index (κ2) is 5.11. The summed E-state index contributed by atoms with van der Waals surface area (Å²) in [5.41, 5.74) is 1.82. The Balaban J connectivity index is 2.83. The number of methoxy groups -OCH3 is 1. The van der Waals surface area contributed by atoms with Gasteiger partial charge >= 0.3 is 0 Å². The van der Waals surface area contributed by atoms with Crippen LogP contribution in [0.2, 0.25) is 0 Å². The molecule has 1 aromatic rings. The minimum absolute atomic E-state index is 0.325. The summed E-state index contributed by atoms with van der Waals surface area (Å²) < 4.78 is 5.07. The molecule has 0 aromatic heterocycles. The maximum Gasteiger partial charge on any atom is 0.119 e. The van der Waals surface area contributed by atoms with Crippen LogP contribution in [-0.2, 0) is 0 Å². The number of nitrogens with one attached hydrogen (secondary N) is 1. The summed E-state index contributed by atoms with van der Waals surface area (Å²) in [4.78, 5) is 0. The van der Waals surface area contributed by atoms with E-state index < -0.39 is 0 Å². The van der Waals surface area contributed by atoms with Gasteiger partial charge in [0.1, 0.15) is 5.75 Å². The Bertz CT molecular complexity index is 347. The lowest BCUT2D eigenvalue weighted by molar-refractivity contribution is 0.414. The van der Waals surface area contributed by atoms with Crippen molar-refractivity contribution in [2.24, 2.45) is 10.2 Å². The average molecular weight is 191 g/mol. The van der Waals surface area contributed by atoms with Gasteiger partial charge in [0, 0.05) is 6.21 Å². The summed E-state index contributed by atoms with van der Waals surface area (Å²) in [6, 6.07) is 5.59. The molecule has 4 heteroatoms. The fraction of sp³-hybridized carbons (Fsp3) is 0.300. The van der Waals surface area contributed by atoms with Crippen molar-refractivity contribution < 1.29 is 4.74 Å². The molecule has 14 heavy (non-hydrogen) atoms. The minimum atomic E-state index is 0.325. The first-order chi connectivity index (χ1) is 6.77. The van der Waals surface area contributed by atoms with Crippen LogP contribution in [0.1, 0.15) is 5.56 Å². The van der Waals surface area contributed by atoms with Crippen LogP contribution in [0.25, 0.3) is 0 Å². The number of aryl methyl sites for hydroxylation is 1. The van der Waals surface area contributed by atoms with Crippen LogP contribution in [0.5, 0.6) is 5.75 Å². The summed E-state index contributed by atoms with van der Waals surface area (Å²) >= 11 is 0. The Morgan fingerprint density at radius 3 is 2.86 bits per heavy atom. The van der Waals surface area contributed by atoms with Gasteiger partial charge in [0.25, 0.3) is 0 Å². The van der Waals surface area contributed by atoms with Crippen molar-refractivity contribution >= 4 is 11.9 Å². The molecule has 0 aliphatic rings. The molecule has 0 heterocycles. The van der Waals surface area contributed by atoms with Gasteiger partial charge in [-0.3, -0.25) is 0 Å². The van der Waals surface area contributed by atoms with Crippen LogP contribution in [0.15, 0.2) is 28.4 Å². The number of hydrogen-bond donors (Lipinski definition) is 1. The van der Waals surface area contributed by atoms with Crippen molar-refractivity contribution in [3.63, 3.8) is 0 Å². The summed E-state index contributed by atoms with van der Waals surface area (Å²) in [5, 5.41) is 14.6. The van der Waals surface area contributed by atoms with E-state index in [1.54, 1.807) is 7.11 Å². The van der Waals surface area contributed by atoms with Crippen LogP contribution in [0.3, 0.4) is 0 Å². The topological polar surface area (TPSA) is 57.8 Å². The number of rotatable bonds is 4. The minimum Gasteiger partial charge on any atom is -0.497 e. The highest BCUT2D eigenvalue weighted by atomic mass is 16.5. The first kappa shape index (κ1) is 10.4. The van der Waals surface area contributed by atoms with E-state index in [-0.39, 0.29) is 0 Å². The Kier molecular flexibility index (Phi) is 3.79. The number of azo groups is 1. The highest BCUT2D eigenvalue weighted by Gasteiger charge is 1.97. The lowest BCUT2D eigenvalue weighted by atomic mass is 10.2. The number of nitrogens with zero attached hydrogens (tertiary/aromatic N) is 2. The molecule has 1 rings (SSSR count). The van der Waals surface area contributed by atoms with E-state index in [1.165, 1.54) is 6.21 Å². The second-order valence-electron chi connectivity index (χ2n) is 2.78. The van der Waals surface area contributed by atoms with Gasteiger partial charge in [-0.25, -0.2) is 0 Å². The van der Waals surface area contributed by atoms with Gasteiger partial charge in [0.15, 0.2) is 0 Å². The highest BCUT2D eigenvalue weighted by molar-refractivity contribution is 5.55. The Hall–Kier alpha value is -1.71. The molecule has 0 atom stereocenters. The predicted molar refractivity (Wildman–Crippen MR) is 55.9 cm³/mol. The highest BCUT2D eigenvalue weighted by Crippen LogP contribution is 2.23. The van der Waals surface area contributed by atoms with Crippen molar-refractivity contribution in [1.29, 1.82) is 5.41 Å². The van der Waals surface area contributed by atoms with Crippen molar-refractivity contribution in [2.45, 2.75) is 6.92 Å². The summed E-state index contributed by atoms with van der Waals surface area (Å²) in [6.07, 6.45) is 1.21. The monoisotopic (exact) mass is 191 g/mol. The van der Waals surface area contributed by atoms with E-state index in [4.69, 9.17) is 10.1 Å². The predicted octanol–water partition coefficient (Wildman–Crippen LogP) is 2.74. The molecule has 0 aliphatic carbocycles. The first-order valence-corrected chi connectivity index (χ1v) is 4.29. The van der Waals surface area contributed by atoms with Crippen LogP contribution in [0, 0.1) is 12.3 Å². The molecule has 0 aliphatic heterocycles. The molecule has 0 bridgehead atoms. The molecular formula is C10H13N3O. The van der Waals surface area contributed by atoms with E-state index in [1.807, 2.05) is 25.1 Å². The molecular weight excluding hydrogens is 178 g/mol. The number of hydrogen-bond acceptors (Lipinski definition) is 4. The van der Waals surface area contributed by atoms with E-state index in [9.17, 15) is 0 Å². The van der Waals surface area contributed by atoms with Gasteiger partial charge < -0.3 is 10.1 Å². The first-order valence-electron chi connectivity index (χ1n) is 4.29. The van der Waals surface area contributed by atoms with E-state index in [0.717, 1.165) is 17.0 Å². The Labute approximate surface area is 83.1 Å². The van der Waals surface area contributed by atoms with Crippen LogP contribution in [-0.4, -0.2) is 19.9 Å². The molecule has 1 aromatic carbocycles. The molecule has 4 nitrogen and oxygen atoms in total. The molecule has 74 valence electrons. The van der Waals surface area contributed by atoms with Gasteiger partial charge in [0.2, 0.25) is 0 Å². The number of ether oxygens (including phenoxy) is 1. The van der Waals surface area contributed by atoms with Gasteiger partial charge in [0.05, 0.1) is 19.3 Å². The summed E-state index contributed by atoms with van der Waals surface area (Å²) in [6.45, 7) is 2.27. The van der Waals surface area contributed by atoms with Crippen molar-refractivity contribution in [2.75, 3.05) is 13.7 Å². The molecule has 0 amide bonds. The van der Waals surface area contributed by atoms with Gasteiger partial charge in [-0.15, -0.1) is 0 Å². The van der Waals surface area contributed by atoms with Gasteiger partial charge in [-0.1, -0.05) is 0 Å². The largest absolute Gasteiger partial charge is 0.497 e. The fourth-order valence-electron chi connectivity index (χ4n) is 1.02. The fourth-order valence-corrected chi connectivity index (χ4v) is 1.02. The second-order valence-corrected chi connectivity index (χ2v) is 2.78. The Morgan fingerprint density at radius 1 is 1.50 bits per heavy atom. The lowest BCUT2D eigenvalue weighted by Crippen LogP contribution is -1.83. The maximum atomic E-state index is 6.79. The zero-order chi connectivity index (χ0) is 10.4. The molecule has 0 radical (unpaired) electrons. The zero-order valence-electron chi connectivity index (χ0n) is 8.32. The van der Waals surface area contributed by atoms with Crippen molar-refractivity contribution in [1.82, 2.24) is 0 Å². The maximum absolute atomic E-state index is 6.79. The molecule has 0 spiro atoms. The normalized spacial score (nSPS) is 10.4. The summed E-state index contributed by atoms with van der Waals surface area (Å²) in [7, 11) is 1.63. The molecule has 1 N–H and O–H groups in total. The van der Waals surface area contributed by atoms with Crippen LogP contribution in [0.4, 0.5) is 5.69 Å². The van der Waals surface area contributed by atoms with Gasteiger partial charge in [-0.2, -0.15) is 10.2 Å². The van der Waals surface area contributed by atoms with E-state index in [2.05, 4.69) is 10.2 Å². The lowest BCUT2D eigenvalue weighted by Gasteiger charge is -2.02. The molecule has 0 fully saturated rings. The third kappa shape index (κ3) is 2.65.